The maximum atomic E-state index is 11.8. The van der Waals surface area contributed by atoms with Crippen molar-refractivity contribution in [2.75, 3.05) is 11.9 Å². The van der Waals surface area contributed by atoms with Gasteiger partial charge in [-0.15, -0.1) is 0 Å². The number of amides is 1. The lowest BCUT2D eigenvalue weighted by atomic mass is 10.2. The van der Waals surface area contributed by atoms with Gasteiger partial charge in [-0.25, -0.2) is 4.79 Å². The van der Waals surface area contributed by atoms with Gasteiger partial charge in [-0.3, -0.25) is 4.79 Å². The van der Waals surface area contributed by atoms with Crippen molar-refractivity contribution in [3.05, 3.63) is 54.0 Å². The lowest BCUT2D eigenvalue weighted by Crippen LogP contribution is -2.12. The van der Waals surface area contributed by atoms with Crippen molar-refractivity contribution in [2.24, 2.45) is 5.92 Å². The molecule has 0 fully saturated rings. The zero-order valence-electron chi connectivity index (χ0n) is 12.0. The predicted octanol–water partition coefficient (Wildman–Crippen LogP) is 3.34. The number of hydrogen-bond acceptors (Lipinski definition) is 4. The molecule has 1 heterocycles. The smallest absolute Gasteiger partial charge is 0.338 e. The van der Waals surface area contributed by atoms with Crippen LogP contribution in [-0.2, 0) is 4.74 Å². The molecule has 1 N–H and O–H groups in total. The zero-order valence-corrected chi connectivity index (χ0v) is 12.0. The molecule has 2 aromatic rings. The fraction of sp³-hybridized carbons (Fsp3) is 0.250. The summed E-state index contributed by atoms with van der Waals surface area (Å²) in [6.07, 6.45) is 1.43. The summed E-state index contributed by atoms with van der Waals surface area (Å²) in [4.78, 5) is 23.5. The average Bonchev–Trinajstić information content (AvgIpc) is 3.00. The van der Waals surface area contributed by atoms with E-state index in [9.17, 15) is 9.59 Å². The van der Waals surface area contributed by atoms with Crippen LogP contribution in [0, 0.1) is 5.92 Å². The lowest BCUT2D eigenvalue weighted by Gasteiger charge is -2.08. The van der Waals surface area contributed by atoms with Crippen LogP contribution in [0.2, 0.25) is 0 Å². The van der Waals surface area contributed by atoms with Crippen LogP contribution in [0.15, 0.2) is 47.1 Å². The Morgan fingerprint density at radius 1 is 1.19 bits per heavy atom. The van der Waals surface area contributed by atoms with Gasteiger partial charge in [0.05, 0.1) is 18.4 Å². The topological polar surface area (TPSA) is 68.5 Å². The summed E-state index contributed by atoms with van der Waals surface area (Å²) < 4.78 is 10.1. The molecule has 2 rings (SSSR count). The van der Waals surface area contributed by atoms with Crippen LogP contribution in [0.25, 0.3) is 0 Å². The standard InChI is InChI=1S/C16H17NO4/c1-11(2)10-21-16(19)12-5-7-13(8-6-12)17-15(18)14-4-3-9-20-14/h3-9,11H,10H2,1-2H3,(H,17,18). The Hall–Kier alpha value is -2.56. The molecular weight excluding hydrogens is 270 g/mol. The van der Waals surface area contributed by atoms with Gasteiger partial charge in [0.25, 0.3) is 5.91 Å². The lowest BCUT2D eigenvalue weighted by molar-refractivity contribution is 0.0459. The van der Waals surface area contributed by atoms with Crippen LogP contribution in [0.4, 0.5) is 5.69 Å². The van der Waals surface area contributed by atoms with Crippen molar-refractivity contribution in [3.8, 4) is 0 Å². The van der Waals surface area contributed by atoms with E-state index in [1.807, 2.05) is 13.8 Å². The maximum absolute atomic E-state index is 11.8. The van der Waals surface area contributed by atoms with Gasteiger partial charge in [0, 0.05) is 5.69 Å². The second-order valence-electron chi connectivity index (χ2n) is 5.00. The molecule has 0 aliphatic heterocycles. The van der Waals surface area contributed by atoms with Crippen molar-refractivity contribution >= 4 is 17.6 Å². The molecule has 0 spiro atoms. The third-order valence-electron chi connectivity index (χ3n) is 2.67. The van der Waals surface area contributed by atoms with Crippen LogP contribution in [0.1, 0.15) is 34.8 Å². The minimum absolute atomic E-state index is 0.232. The van der Waals surface area contributed by atoms with Crippen molar-refractivity contribution in [2.45, 2.75) is 13.8 Å². The predicted molar refractivity (Wildman–Crippen MR) is 78.2 cm³/mol. The van der Waals surface area contributed by atoms with Crippen LogP contribution < -0.4 is 5.32 Å². The molecule has 0 aliphatic rings. The number of anilines is 1. The summed E-state index contributed by atoms with van der Waals surface area (Å²) in [7, 11) is 0. The zero-order chi connectivity index (χ0) is 15.2. The fourth-order valence-electron chi connectivity index (χ4n) is 1.62. The quantitative estimate of drug-likeness (QED) is 0.856. The Morgan fingerprint density at radius 3 is 2.48 bits per heavy atom. The van der Waals surface area contributed by atoms with Crippen LogP contribution in [0.5, 0.6) is 0 Å². The van der Waals surface area contributed by atoms with Crippen molar-refractivity contribution in [1.29, 1.82) is 0 Å². The number of rotatable bonds is 5. The van der Waals surface area contributed by atoms with Crippen LogP contribution >= 0.6 is 0 Å². The molecule has 0 bridgehead atoms. The van der Waals surface area contributed by atoms with E-state index < -0.39 is 0 Å². The largest absolute Gasteiger partial charge is 0.462 e. The van der Waals surface area contributed by atoms with Gasteiger partial charge in [0.1, 0.15) is 0 Å². The van der Waals surface area contributed by atoms with E-state index in [0.717, 1.165) is 0 Å². The van der Waals surface area contributed by atoms with Crippen molar-refractivity contribution in [3.63, 3.8) is 0 Å². The molecule has 5 nitrogen and oxygen atoms in total. The Bertz CT molecular complexity index is 600. The molecule has 0 radical (unpaired) electrons. The number of benzene rings is 1. The van der Waals surface area contributed by atoms with Gasteiger partial charge in [-0.1, -0.05) is 13.8 Å². The molecular formula is C16H17NO4. The normalized spacial score (nSPS) is 10.4. The Morgan fingerprint density at radius 2 is 1.90 bits per heavy atom. The first kappa shape index (κ1) is 14.8. The first-order valence-corrected chi connectivity index (χ1v) is 6.68. The first-order chi connectivity index (χ1) is 10.1. The minimum atomic E-state index is -0.368. The summed E-state index contributed by atoms with van der Waals surface area (Å²) in [6, 6.07) is 9.73. The molecule has 1 aromatic carbocycles. The molecule has 0 saturated carbocycles. The summed E-state index contributed by atoms with van der Waals surface area (Å²) in [5.41, 5.74) is 1.03. The van der Waals surface area contributed by atoms with Crippen molar-refractivity contribution in [1.82, 2.24) is 0 Å². The van der Waals surface area contributed by atoms with Gasteiger partial charge in [0.2, 0.25) is 0 Å². The van der Waals surface area contributed by atoms with E-state index in [4.69, 9.17) is 9.15 Å². The molecule has 0 atom stereocenters. The Labute approximate surface area is 122 Å². The van der Waals surface area contributed by atoms with E-state index in [0.29, 0.717) is 23.8 Å². The van der Waals surface area contributed by atoms with E-state index >= 15 is 0 Å². The maximum Gasteiger partial charge on any atom is 0.338 e. The van der Waals surface area contributed by atoms with Crippen LogP contribution in [-0.4, -0.2) is 18.5 Å². The molecule has 0 saturated heterocycles. The highest BCUT2D eigenvalue weighted by Crippen LogP contribution is 2.13. The summed E-state index contributed by atoms with van der Waals surface area (Å²) in [5.74, 6) is -0.182. The molecule has 0 aliphatic carbocycles. The summed E-state index contributed by atoms with van der Waals surface area (Å²) >= 11 is 0. The van der Waals surface area contributed by atoms with E-state index in [-0.39, 0.29) is 17.6 Å². The molecule has 0 unspecified atom stereocenters. The number of nitrogens with one attached hydrogen (secondary N) is 1. The number of ether oxygens (including phenoxy) is 1. The number of hydrogen-bond donors (Lipinski definition) is 1. The molecule has 5 heteroatoms. The fourth-order valence-corrected chi connectivity index (χ4v) is 1.62. The molecule has 21 heavy (non-hydrogen) atoms. The molecule has 110 valence electrons. The highest BCUT2D eigenvalue weighted by Gasteiger charge is 2.11. The summed E-state index contributed by atoms with van der Waals surface area (Å²) in [5, 5.41) is 2.68. The van der Waals surface area contributed by atoms with E-state index in [1.54, 1.807) is 36.4 Å². The second kappa shape index (κ2) is 6.74. The molecule has 1 aromatic heterocycles. The SMILES string of the molecule is CC(C)COC(=O)c1ccc(NC(=O)c2ccco2)cc1. The third kappa shape index (κ3) is 4.21. The monoisotopic (exact) mass is 287 g/mol. The van der Waals surface area contributed by atoms with Gasteiger partial charge >= 0.3 is 5.97 Å². The van der Waals surface area contributed by atoms with Gasteiger partial charge in [-0.2, -0.15) is 0 Å². The molecule has 1 amide bonds. The average molecular weight is 287 g/mol. The number of furan rings is 1. The van der Waals surface area contributed by atoms with Gasteiger partial charge in [0.15, 0.2) is 5.76 Å². The highest BCUT2D eigenvalue weighted by atomic mass is 16.5. The van der Waals surface area contributed by atoms with Gasteiger partial charge < -0.3 is 14.5 Å². The minimum Gasteiger partial charge on any atom is -0.462 e. The first-order valence-electron chi connectivity index (χ1n) is 6.68. The van der Waals surface area contributed by atoms with E-state index in [1.165, 1.54) is 6.26 Å². The Kier molecular flexibility index (Phi) is 4.77. The number of esters is 1. The second-order valence-corrected chi connectivity index (χ2v) is 5.00. The van der Waals surface area contributed by atoms with Crippen LogP contribution in [0.3, 0.4) is 0 Å². The Balaban J connectivity index is 1.96. The third-order valence-corrected chi connectivity index (χ3v) is 2.67. The number of carbonyl (C=O) groups is 2. The summed E-state index contributed by atoms with van der Waals surface area (Å²) in [6.45, 7) is 4.33. The van der Waals surface area contributed by atoms with Gasteiger partial charge in [-0.05, 0) is 42.3 Å². The van der Waals surface area contributed by atoms with E-state index in [2.05, 4.69) is 5.32 Å². The number of carbonyl (C=O) groups excluding carboxylic acids is 2. The highest BCUT2D eigenvalue weighted by molar-refractivity contribution is 6.02. The van der Waals surface area contributed by atoms with Crippen molar-refractivity contribution < 1.29 is 18.7 Å².